The third-order valence-corrected chi connectivity index (χ3v) is 3.28. The van der Waals surface area contributed by atoms with Crippen LogP contribution in [-0.2, 0) is 4.79 Å². The van der Waals surface area contributed by atoms with Crippen molar-refractivity contribution in [2.24, 2.45) is 5.92 Å². The normalized spacial score (nSPS) is 25.2. The molecule has 0 aromatic carbocycles. The monoisotopic (exact) mass is 260 g/mol. The van der Waals surface area contributed by atoms with Crippen molar-refractivity contribution >= 4 is 5.97 Å². The second kappa shape index (κ2) is 8.42. The highest BCUT2D eigenvalue weighted by molar-refractivity contribution is 5.69. The molecule has 1 fully saturated rings. The summed E-state index contributed by atoms with van der Waals surface area (Å²) < 4.78 is 0. The second-order valence-electron chi connectivity index (χ2n) is 4.93. The van der Waals surface area contributed by atoms with Crippen LogP contribution in [-0.4, -0.2) is 71.6 Å². The molecule has 106 valence electrons. The lowest BCUT2D eigenvalue weighted by molar-refractivity contribution is -0.138. The number of nitrogens with zero attached hydrogens (tertiary/aromatic N) is 1. The van der Waals surface area contributed by atoms with Gasteiger partial charge in [0, 0.05) is 32.3 Å². The maximum Gasteiger partial charge on any atom is 0.317 e. The minimum atomic E-state index is -0.811. The van der Waals surface area contributed by atoms with Crippen LogP contribution >= 0.6 is 0 Å². The number of likely N-dealkylation sites (tertiary alicyclic amines) is 1. The summed E-state index contributed by atoms with van der Waals surface area (Å²) in [5, 5.41) is 29.9. The van der Waals surface area contributed by atoms with E-state index in [1.165, 1.54) is 0 Å². The Morgan fingerprint density at radius 2 is 2.06 bits per heavy atom. The molecule has 0 aromatic rings. The molecule has 1 aliphatic heterocycles. The van der Waals surface area contributed by atoms with Gasteiger partial charge >= 0.3 is 5.97 Å². The molecule has 18 heavy (non-hydrogen) atoms. The summed E-state index contributed by atoms with van der Waals surface area (Å²) in [5.41, 5.74) is 0. The molecule has 0 amide bonds. The van der Waals surface area contributed by atoms with Crippen LogP contribution in [0.1, 0.15) is 19.3 Å². The van der Waals surface area contributed by atoms with E-state index in [1.807, 2.05) is 4.90 Å². The molecule has 4 N–H and O–H groups in total. The van der Waals surface area contributed by atoms with Crippen molar-refractivity contribution in [1.29, 1.82) is 0 Å². The Morgan fingerprint density at radius 3 is 2.67 bits per heavy atom. The summed E-state index contributed by atoms with van der Waals surface area (Å²) in [5.74, 6) is -0.469. The number of rotatable bonds is 8. The van der Waals surface area contributed by atoms with Crippen molar-refractivity contribution in [1.82, 2.24) is 10.2 Å². The minimum absolute atomic E-state index is 0.0557. The molecule has 2 unspecified atom stereocenters. The molecule has 2 atom stereocenters. The molecule has 0 aromatic heterocycles. The maximum atomic E-state index is 10.8. The van der Waals surface area contributed by atoms with E-state index in [2.05, 4.69) is 5.32 Å². The maximum absolute atomic E-state index is 10.8. The van der Waals surface area contributed by atoms with Gasteiger partial charge in [0.25, 0.3) is 0 Å². The van der Waals surface area contributed by atoms with Crippen LogP contribution in [0.15, 0.2) is 0 Å². The SMILES string of the molecule is O=C(O)CN1CC(CCO)CC(NCCCO)C1. The minimum Gasteiger partial charge on any atom is -0.480 e. The number of carboxylic acid groups (broad SMARTS) is 1. The summed E-state index contributed by atoms with van der Waals surface area (Å²) in [6.45, 7) is 2.58. The highest BCUT2D eigenvalue weighted by Crippen LogP contribution is 2.19. The van der Waals surface area contributed by atoms with Crippen LogP contribution in [0, 0.1) is 5.92 Å². The average Bonchev–Trinajstić information content (AvgIpc) is 2.28. The van der Waals surface area contributed by atoms with E-state index in [9.17, 15) is 4.79 Å². The second-order valence-corrected chi connectivity index (χ2v) is 4.93. The van der Waals surface area contributed by atoms with Gasteiger partial charge < -0.3 is 20.6 Å². The van der Waals surface area contributed by atoms with E-state index in [0.717, 1.165) is 26.1 Å². The molecule has 1 rings (SSSR count). The molecule has 1 heterocycles. The Kier molecular flexibility index (Phi) is 7.19. The van der Waals surface area contributed by atoms with Crippen molar-refractivity contribution in [2.45, 2.75) is 25.3 Å². The number of hydrogen-bond donors (Lipinski definition) is 4. The molecule has 6 nitrogen and oxygen atoms in total. The van der Waals surface area contributed by atoms with Crippen LogP contribution < -0.4 is 5.32 Å². The number of aliphatic hydroxyl groups is 2. The Bertz CT molecular complexity index is 250. The van der Waals surface area contributed by atoms with Crippen molar-refractivity contribution in [3.63, 3.8) is 0 Å². The largest absolute Gasteiger partial charge is 0.480 e. The smallest absolute Gasteiger partial charge is 0.317 e. The van der Waals surface area contributed by atoms with Gasteiger partial charge in [-0.2, -0.15) is 0 Å². The van der Waals surface area contributed by atoms with Gasteiger partial charge in [0.05, 0.1) is 6.54 Å². The highest BCUT2D eigenvalue weighted by Gasteiger charge is 2.27. The molecule has 0 aliphatic carbocycles. The molecular weight excluding hydrogens is 236 g/mol. The lowest BCUT2D eigenvalue weighted by Gasteiger charge is -2.37. The first-order valence-electron chi connectivity index (χ1n) is 6.55. The molecule has 1 aliphatic rings. The zero-order valence-corrected chi connectivity index (χ0v) is 10.7. The summed E-state index contributed by atoms with van der Waals surface area (Å²) >= 11 is 0. The molecular formula is C12H24N2O4. The molecule has 0 spiro atoms. The van der Waals surface area contributed by atoms with Crippen LogP contribution in [0.25, 0.3) is 0 Å². The third-order valence-electron chi connectivity index (χ3n) is 3.28. The topological polar surface area (TPSA) is 93.0 Å². The van der Waals surface area contributed by atoms with E-state index in [4.69, 9.17) is 15.3 Å². The zero-order chi connectivity index (χ0) is 13.4. The van der Waals surface area contributed by atoms with Gasteiger partial charge in [-0.05, 0) is 31.7 Å². The molecule has 0 saturated carbocycles. The van der Waals surface area contributed by atoms with E-state index < -0.39 is 5.97 Å². The fraction of sp³-hybridized carbons (Fsp3) is 0.917. The summed E-state index contributed by atoms with van der Waals surface area (Å²) in [4.78, 5) is 12.7. The van der Waals surface area contributed by atoms with E-state index in [-0.39, 0.29) is 25.8 Å². The molecule has 0 radical (unpaired) electrons. The first kappa shape index (κ1) is 15.4. The van der Waals surface area contributed by atoms with Crippen molar-refractivity contribution in [3.05, 3.63) is 0 Å². The third kappa shape index (κ3) is 5.77. The Hall–Kier alpha value is -0.690. The fourth-order valence-electron chi connectivity index (χ4n) is 2.55. The number of aliphatic hydroxyl groups excluding tert-OH is 2. The molecule has 6 heteroatoms. The average molecular weight is 260 g/mol. The fourth-order valence-corrected chi connectivity index (χ4v) is 2.55. The number of nitrogens with one attached hydrogen (secondary N) is 1. The van der Waals surface area contributed by atoms with Crippen molar-refractivity contribution < 1.29 is 20.1 Å². The van der Waals surface area contributed by atoms with Crippen LogP contribution in [0.4, 0.5) is 0 Å². The van der Waals surface area contributed by atoms with Crippen molar-refractivity contribution in [2.75, 3.05) is 39.4 Å². The molecule has 0 bridgehead atoms. The summed E-state index contributed by atoms with van der Waals surface area (Å²) in [7, 11) is 0. The highest BCUT2D eigenvalue weighted by atomic mass is 16.4. The Balaban J connectivity index is 2.42. The van der Waals surface area contributed by atoms with Crippen LogP contribution in [0.5, 0.6) is 0 Å². The quantitative estimate of drug-likeness (QED) is 0.423. The number of carboxylic acids is 1. The van der Waals surface area contributed by atoms with Crippen LogP contribution in [0.2, 0.25) is 0 Å². The van der Waals surface area contributed by atoms with E-state index in [1.54, 1.807) is 0 Å². The summed E-state index contributed by atoms with van der Waals surface area (Å²) in [6, 6.07) is 0.251. The van der Waals surface area contributed by atoms with Gasteiger partial charge in [-0.15, -0.1) is 0 Å². The van der Waals surface area contributed by atoms with Gasteiger partial charge in [0.2, 0.25) is 0 Å². The van der Waals surface area contributed by atoms with Crippen molar-refractivity contribution in [3.8, 4) is 0 Å². The zero-order valence-electron chi connectivity index (χ0n) is 10.7. The van der Waals surface area contributed by atoms with Gasteiger partial charge in [-0.1, -0.05) is 0 Å². The first-order chi connectivity index (χ1) is 8.65. The standard InChI is InChI=1S/C12H24N2O4/c15-4-1-3-13-11-6-10(2-5-16)7-14(8-11)9-12(17)18/h10-11,13,15-16H,1-9H2,(H,17,18). The van der Waals surface area contributed by atoms with Gasteiger partial charge in [-0.25, -0.2) is 0 Å². The number of piperidine rings is 1. The van der Waals surface area contributed by atoms with Crippen LogP contribution in [0.3, 0.4) is 0 Å². The Morgan fingerprint density at radius 1 is 1.28 bits per heavy atom. The number of carbonyl (C=O) groups is 1. The lowest BCUT2D eigenvalue weighted by Crippen LogP contribution is -2.50. The summed E-state index contributed by atoms with van der Waals surface area (Å²) in [6.07, 6.45) is 2.39. The Labute approximate surface area is 108 Å². The van der Waals surface area contributed by atoms with Gasteiger partial charge in [0.1, 0.15) is 0 Å². The number of hydrogen-bond acceptors (Lipinski definition) is 5. The van der Waals surface area contributed by atoms with Gasteiger partial charge in [-0.3, -0.25) is 9.69 Å². The number of aliphatic carboxylic acids is 1. The van der Waals surface area contributed by atoms with Gasteiger partial charge in [0.15, 0.2) is 0 Å². The predicted molar refractivity (Wildman–Crippen MR) is 67.4 cm³/mol. The first-order valence-corrected chi connectivity index (χ1v) is 6.55. The lowest BCUT2D eigenvalue weighted by atomic mass is 9.91. The molecule has 1 saturated heterocycles. The van der Waals surface area contributed by atoms with E-state index in [0.29, 0.717) is 18.8 Å². The van der Waals surface area contributed by atoms with E-state index >= 15 is 0 Å². The predicted octanol–water partition coefficient (Wildman–Crippen LogP) is -0.884.